The van der Waals surface area contributed by atoms with E-state index < -0.39 is 15.9 Å². The third kappa shape index (κ3) is 5.83. The summed E-state index contributed by atoms with van der Waals surface area (Å²) >= 11 is 0. The van der Waals surface area contributed by atoms with E-state index in [0.29, 0.717) is 17.2 Å². The number of nitrogens with one attached hydrogen (secondary N) is 2. The molecule has 0 fully saturated rings. The lowest BCUT2D eigenvalue weighted by molar-refractivity contribution is 0.0955. The summed E-state index contributed by atoms with van der Waals surface area (Å²) in [5, 5.41) is 3.91. The van der Waals surface area contributed by atoms with E-state index in [2.05, 4.69) is 15.2 Å². The molecule has 0 unspecified atom stereocenters. The standard InChI is InChI=1S/C22H21N3O5S/c1-29-19-10-6-16(7-11-19)15-23-24-22(26)17-4-3-5-21(14-17)31(27,28)25-18-8-12-20(30-2)13-9-18/h3-15,25H,1-2H3,(H,24,26)/b23-15-. The molecule has 0 radical (unpaired) electrons. The quantitative estimate of drug-likeness (QED) is 0.414. The van der Waals surface area contributed by atoms with Gasteiger partial charge in [0, 0.05) is 11.3 Å². The lowest BCUT2D eigenvalue weighted by atomic mass is 10.2. The molecule has 160 valence electrons. The normalized spacial score (nSPS) is 11.2. The van der Waals surface area contributed by atoms with E-state index in [1.54, 1.807) is 55.6 Å². The molecule has 3 aromatic rings. The molecule has 0 aliphatic heterocycles. The first-order valence-corrected chi connectivity index (χ1v) is 10.6. The largest absolute Gasteiger partial charge is 0.497 e. The molecule has 0 atom stereocenters. The molecule has 0 spiro atoms. The van der Waals surface area contributed by atoms with Gasteiger partial charge in [0.25, 0.3) is 15.9 Å². The molecule has 0 heterocycles. The molecule has 31 heavy (non-hydrogen) atoms. The molecule has 3 rings (SSSR count). The Morgan fingerprint density at radius 1 is 0.903 bits per heavy atom. The second-order valence-corrected chi connectivity index (χ2v) is 8.02. The zero-order valence-corrected chi connectivity index (χ0v) is 17.7. The number of rotatable bonds is 8. The van der Waals surface area contributed by atoms with Crippen molar-refractivity contribution in [3.63, 3.8) is 0 Å². The monoisotopic (exact) mass is 439 g/mol. The number of hydrazone groups is 1. The molecule has 1 amide bonds. The maximum absolute atomic E-state index is 12.7. The summed E-state index contributed by atoms with van der Waals surface area (Å²) in [7, 11) is -0.782. The van der Waals surface area contributed by atoms with Gasteiger partial charge in [0.15, 0.2) is 0 Å². The van der Waals surface area contributed by atoms with Gasteiger partial charge in [-0.1, -0.05) is 6.07 Å². The Balaban J connectivity index is 1.68. The van der Waals surface area contributed by atoms with Crippen LogP contribution in [0.25, 0.3) is 0 Å². The van der Waals surface area contributed by atoms with Crippen LogP contribution in [0.15, 0.2) is 82.8 Å². The van der Waals surface area contributed by atoms with Crippen molar-refractivity contribution in [1.29, 1.82) is 0 Å². The van der Waals surface area contributed by atoms with Crippen LogP contribution in [0.5, 0.6) is 11.5 Å². The number of benzene rings is 3. The van der Waals surface area contributed by atoms with Crippen molar-refractivity contribution >= 4 is 27.8 Å². The highest BCUT2D eigenvalue weighted by Gasteiger charge is 2.16. The van der Waals surface area contributed by atoms with Gasteiger partial charge < -0.3 is 9.47 Å². The zero-order chi connectivity index (χ0) is 22.3. The Hall–Kier alpha value is -3.85. The number of anilines is 1. The van der Waals surface area contributed by atoms with Crippen molar-refractivity contribution in [3.8, 4) is 11.5 Å². The number of amides is 1. The Morgan fingerprint density at radius 3 is 2.13 bits per heavy atom. The number of hydrogen-bond donors (Lipinski definition) is 2. The lowest BCUT2D eigenvalue weighted by Gasteiger charge is -2.09. The number of nitrogens with zero attached hydrogens (tertiary/aromatic N) is 1. The van der Waals surface area contributed by atoms with Crippen molar-refractivity contribution in [1.82, 2.24) is 5.43 Å². The smallest absolute Gasteiger partial charge is 0.271 e. The van der Waals surface area contributed by atoms with Gasteiger partial charge >= 0.3 is 0 Å². The lowest BCUT2D eigenvalue weighted by Crippen LogP contribution is -2.19. The second kappa shape index (κ2) is 9.77. The molecule has 0 aliphatic carbocycles. The van der Waals surface area contributed by atoms with E-state index in [9.17, 15) is 13.2 Å². The van der Waals surface area contributed by atoms with E-state index in [0.717, 1.165) is 5.56 Å². The Bertz CT molecular complexity index is 1170. The van der Waals surface area contributed by atoms with Gasteiger partial charge in [0.2, 0.25) is 0 Å². The first-order valence-electron chi connectivity index (χ1n) is 9.16. The Kier molecular flexibility index (Phi) is 6.88. The summed E-state index contributed by atoms with van der Waals surface area (Å²) in [5.74, 6) is 0.783. The van der Waals surface area contributed by atoms with Crippen LogP contribution in [0, 0.1) is 0 Å². The summed E-state index contributed by atoms with van der Waals surface area (Å²) < 4.78 is 37.9. The minimum Gasteiger partial charge on any atom is -0.497 e. The summed E-state index contributed by atoms with van der Waals surface area (Å²) in [6.07, 6.45) is 1.48. The SMILES string of the molecule is COc1ccc(/C=N\NC(=O)c2cccc(S(=O)(=O)Nc3ccc(OC)cc3)c2)cc1. The van der Waals surface area contributed by atoms with E-state index in [1.807, 2.05) is 0 Å². The molecule has 0 bridgehead atoms. The Labute approximate surface area is 180 Å². The van der Waals surface area contributed by atoms with Crippen molar-refractivity contribution in [2.75, 3.05) is 18.9 Å². The van der Waals surface area contributed by atoms with Crippen molar-refractivity contribution < 1.29 is 22.7 Å². The molecule has 0 saturated heterocycles. The van der Waals surface area contributed by atoms with E-state index in [1.165, 1.54) is 37.6 Å². The van der Waals surface area contributed by atoms with Crippen molar-refractivity contribution in [2.45, 2.75) is 4.90 Å². The fourth-order valence-electron chi connectivity index (χ4n) is 2.60. The Morgan fingerprint density at radius 2 is 1.52 bits per heavy atom. The third-order valence-corrected chi connectivity index (χ3v) is 5.62. The average Bonchev–Trinajstić information content (AvgIpc) is 2.80. The molecule has 9 heteroatoms. The molecular formula is C22H21N3O5S. The number of carbonyl (C=O) groups is 1. The highest BCUT2D eigenvalue weighted by molar-refractivity contribution is 7.92. The third-order valence-electron chi connectivity index (χ3n) is 4.24. The maximum Gasteiger partial charge on any atom is 0.271 e. The first-order chi connectivity index (χ1) is 14.9. The number of ether oxygens (including phenoxy) is 2. The summed E-state index contributed by atoms with van der Waals surface area (Å²) in [6.45, 7) is 0. The molecule has 2 N–H and O–H groups in total. The van der Waals surface area contributed by atoms with Gasteiger partial charge in [-0.2, -0.15) is 5.10 Å². The average molecular weight is 439 g/mol. The molecule has 3 aromatic carbocycles. The van der Waals surface area contributed by atoms with Gasteiger partial charge in [-0.05, 0) is 72.3 Å². The van der Waals surface area contributed by atoms with Gasteiger partial charge in [-0.25, -0.2) is 13.8 Å². The topological polar surface area (TPSA) is 106 Å². The molecule has 0 aromatic heterocycles. The summed E-state index contributed by atoms with van der Waals surface area (Å²) in [5.41, 5.74) is 3.68. The molecule has 8 nitrogen and oxygen atoms in total. The van der Waals surface area contributed by atoms with Gasteiger partial charge in [0.1, 0.15) is 11.5 Å². The fraction of sp³-hybridized carbons (Fsp3) is 0.0909. The number of hydrogen-bond acceptors (Lipinski definition) is 6. The minimum absolute atomic E-state index is 0.0462. The second-order valence-electron chi connectivity index (χ2n) is 6.33. The van der Waals surface area contributed by atoms with Crippen LogP contribution in [0.4, 0.5) is 5.69 Å². The number of methoxy groups -OCH3 is 2. The van der Waals surface area contributed by atoms with Gasteiger partial charge in [-0.15, -0.1) is 0 Å². The minimum atomic E-state index is -3.88. The zero-order valence-electron chi connectivity index (χ0n) is 16.9. The van der Waals surface area contributed by atoms with Crippen molar-refractivity contribution in [2.24, 2.45) is 5.10 Å². The van der Waals surface area contributed by atoms with Gasteiger partial charge in [-0.3, -0.25) is 9.52 Å². The predicted octanol–water partition coefficient (Wildman–Crippen LogP) is 3.27. The van der Waals surface area contributed by atoms with Gasteiger partial charge in [0.05, 0.1) is 25.3 Å². The van der Waals surface area contributed by atoms with Crippen LogP contribution in [-0.4, -0.2) is 34.8 Å². The fourth-order valence-corrected chi connectivity index (χ4v) is 3.70. The molecule has 0 aliphatic rings. The van der Waals surface area contributed by atoms with Crippen LogP contribution < -0.4 is 19.6 Å². The maximum atomic E-state index is 12.7. The van der Waals surface area contributed by atoms with Crippen LogP contribution >= 0.6 is 0 Å². The summed E-state index contributed by atoms with van der Waals surface area (Å²) in [4.78, 5) is 12.3. The van der Waals surface area contributed by atoms with Crippen molar-refractivity contribution in [3.05, 3.63) is 83.9 Å². The predicted molar refractivity (Wildman–Crippen MR) is 118 cm³/mol. The van der Waals surface area contributed by atoms with Crippen LogP contribution in [0.3, 0.4) is 0 Å². The highest BCUT2D eigenvalue weighted by Crippen LogP contribution is 2.20. The van der Waals surface area contributed by atoms with Crippen LogP contribution in [-0.2, 0) is 10.0 Å². The number of carbonyl (C=O) groups excluding carboxylic acids is 1. The molecule has 0 saturated carbocycles. The molecular weight excluding hydrogens is 418 g/mol. The van der Waals surface area contributed by atoms with Crippen LogP contribution in [0.1, 0.15) is 15.9 Å². The van der Waals surface area contributed by atoms with E-state index in [4.69, 9.17) is 9.47 Å². The first kappa shape index (κ1) is 21.8. The van der Waals surface area contributed by atoms with Crippen LogP contribution in [0.2, 0.25) is 0 Å². The van der Waals surface area contributed by atoms with E-state index >= 15 is 0 Å². The van der Waals surface area contributed by atoms with E-state index in [-0.39, 0.29) is 10.5 Å². The number of sulfonamides is 1. The summed E-state index contributed by atoms with van der Waals surface area (Å²) in [6, 6.07) is 19.2. The highest BCUT2D eigenvalue weighted by atomic mass is 32.2.